The summed E-state index contributed by atoms with van der Waals surface area (Å²) in [5, 5.41) is 10.5. The Morgan fingerprint density at radius 2 is 2.07 bits per heavy atom. The number of benzene rings is 1. The lowest BCUT2D eigenvalue weighted by Gasteiger charge is -2.30. The van der Waals surface area contributed by atoms with Gasteiger partial charge in [-0.25, -0.2) is 0 Å². The SMILES string of the molecule is CC(C)c1ccc(-c2noc(CCC(=O)NC3CNCCC3C)n2)cc1.Cl. The lowest BCUT2D eigenvalue weighted by Crippen LogP contribution is -2.50. The normalized spacial score (nSPS) is 19.6. The minimum absolute atomic E-state index is 0. The molecule has 1 aliphatic heterocycles. The number of hydrogen-bond donors (Lipinski definition) is 2. The van der Waals surface area contributed by atoms with Gasteiger partial charge < -0.3 is 15.2 Å². The summed E-state index contributed by atoms with van der Waals surface area (Å²) in [6.07, 6.45) is 1.90. The third-order valence-corrected chi connectivity index (χ3v) is 5.04. The van der Waals surface area contributed by atoms with Gasteiger partial charge in [-0.05, 0) is 30.4 Å². The molecule has 1 aliphatic rings. The van der Waals surface area contributed by atoms with E-state index in [0.717, 1.165) is 25.1 Å². The van der Waals surface area contributed by atoms with Crippen molar-refractivity contribution in [2.75, 3.05) is 13.1 Å². The molecule has 1 fully saturated rings. The van der Waals surface area contributed by atoms with Gasteiger partial charge in [-0.1, -0.05) is 50.2 Å². The molecule has 2 N–H and O–H groups in total. The van der Waals surface area contributed by atoms with Gasteiger partial charge in [0.05, 0.1) is 0 Å². The highest BCUT2D eigenvalue weighted by molar-refractivity contribution is 5.85. The first-order chi connectivity index (χ1) is 12.5. The molecule has 2 aromatic rings. The Hall–Kier alpha value is -1.92. The molecule has 2 unspecified atom stereocenters. The first kappa shape index (κ1) is 21.4. The number of halogens is 1. The number of aromatic nitrogens is 2. The van der Waals surface area contributed by atoms with Crippen molar-refractivity contribution >= 4 is 18.3 Å². The largest absolute Gasteiger partial charge is 0.352 e. The number of carbonyl (C=O) groups is 1. The molecule has 0 saturated carbocycles. The van der Waals surface area contributed by atoms with Gasteiger partial charge in [-0.2, -0.15) is 4.98 Å². The van der Waals surface area contributed by atoms with Gasteiger partial charge in [0.25, 0.3) is 0 Å². The van der Waals surface area contributed by atoms with Crippen LogP contribution in [0.25, 0.3) is 11.4 Å². The lowest BCUT2D eigenvalue weighted by molar-refractivity contribution is -0.122. The van der Waals surface area contributed by atoms with E-state index in [1.54, 1.807) is 0 Å². The van der Waals surface area contributed by atoms with Gasteiger partial charge in [-0.3, -0.25) is 4.79 Å². The molecule has 1 aromatic heterocycles. The highest BCUT2D eigenvalue weighted by atomic mass is 35.5. The fourth-order valence-corrected chi connectivity index (χ4v) is 3.17. The molecular formula is C20H29ClN4O2. The molecule has 0 bridgehead atoms. The van der Waals surface area contributed by atoms with Gasteiger partial charge in [0.2, 0.25) is 17.6 Å². The number of nitrogens with zero attached hydrogens (tertiary/aromatic N) is 2. The monoisotopic (exact) mass is 392 g/mol. The van der Waals surface area contributed by atoms with Gasteiger partial charge >= 0.3 is 0 Å². The van der Waals surface area contributed by atoms with Crippen molar-refractivity contribution in [3.8, 4) is 11.4 Å². The Labute approximate surface area is 166 Å². The Morgan fingerprint density at radius 3 is 2.74 bits per heavy atom. The molecule has 6 nitrogen and oxygen atoms in total. The predicted molar refractivity (Wildman–Crippen MR) is 108 cm³/mol. The molecule has 0 radical (unpaired) electrons. The highest BCUT2D eigenvalue weighted by Crippen LogP contribution is 2.20. The number of carbonyl (C=O) groups excluding carboxylic acids is 1. The van der Waals surface area contributed by atoms with Crippen LogP contribution in [0.3, 0.4) is 0 Å². The van der Waals surface area contributed by atoms with Crippen LogP contribution in [0.4, 0.5) is 0 Å². The van der Waals surface area contributed by atoms with Crippen LogP contribution in [0.2, 0.25) is 0 Å². The summed E-state index contributed by atoms with van der Waals surface area (Å²) in [6, 6.07) is 8.39. The van der Waals surface area contributed by atoms with Crippen molar-refractivity contribution in [3.63, 3.8) is 0 Å². The van der Waals surface area contributed by atoms with Gasteiger partial charge in [0, 0.05) is 31.0 Å². The molecule has 7 heteroatoms. The van der Waals surface area contributed by atoms with Crippen LogP contribution in [-0.2, 0) is 11.2 Å². The van der Waals surface area contributed by atoms with Crippen molar-refractivity contribution in [1.82, 2.24) is 20.8 Å². The smallest absolute Gasteiger partial charge is 0.227 e. The molecule has 27 heavy (non-hydrogen) atoms. The Kier molecular flexibility index (Phi) is 7.80. The second-order valence-electron chi connectivity index (χ2n) is 7.43. The molecule has 2 heterocycles. The summed E-state index contributed by atoms with van der Waals surface area (Å²) in [5.41, 5.74) is 2.21. The van der Waals surface area contributed by atoms with E-state index in [2.05, 4.69) is 53.7 Å². The van der Waals surface area contributed by atoms with Gasteiger partial charge in [-0.15, -0.1) is 12.4 Å². The fraction of sp³-hybridized carbons (Fsp3) is 0.550. The van der Waals surface area contributed by atoms with Crippen molar-refractivity contribution in [1.29, 1.82) is 0 Å². The zero-order valence-corrected chi connectivity index (χ0v) is 17.0. The first-order valence-electron chi connectivity index (χ1n) is 9.46. The summed E-state index contributed by atoms with van der Waals surface area (Å²) in [5.74, 6) is 2.10. The minimum Gasteiger partial charge on any atom is -0.352 e. The van der Waals surface area contributed by atoms with Crippen LogP contribution >= 0.6 is 12.4 Å². The quantitative estimate of drug-likeness (QED) is 0.788. The maximum atomic E-state index is 12.2. The van der Waals surface area contributed by atoms with Gasteiger partial charge in [0.15, 0.2) is 0 Å². The van der Waals surface area contributed by atoms with E-state index in [0.29, 0.717) is 36.4 Å². The number of amides is 1. The number of rotatable bonds is 6. The van der Waals surface area contributed by atoms with Crippen LogP contribution in [0.1, 0.15) is 51.0 Å². The van der Waals surface area contributed by atoms with Gasteiger partial charge in [0.1, 0.15) is 0 Å². The number of nitrogens with one attached hydrogen (secondary N) is 2. The van der Waals surface area contributed by atoms with Crippen LogP contribution in [-0.4, -0.2) is 35.2 Å². The molecule has 148 valence electrons. The topological polar surface area (TPSA) is 80.0 Å². The molecule has 0 aliphatic carbocycles. The van der Waals surface area contributed by atoms with E-state index in [1.807, 2.05) is 12.1 Å². The predicted octanol–water partition coefficient (Wildman–Crippen LogP) is 3.33. The van der Waals surface area contributed by atoms with Crippen molar-refractivity contribution in [2.24, 2.45) is 5.92 Å². The average molecular weight is 393 g/mol. The van der Waals surface area contributed by atoms with Crippen LogP contribution in [0, 0.1) is 5.92 Å². The maximum absolute atomic E-state index is 12.2. The molecule has 3 rings (SSSR count). The third-order valence-electron chi connectivity index (χ3n) is 5.04. The number of aryl methyl sites for hydroxylation is 1. The standard InChI is InChI=1S/C20H28N4O2.ClH/c1-13(2)15-4-6-16(7-5-15)20-23-19(26-24-20)9-8-18(25)22-17-12-21-11-10-14(17)3;/h4-7,13-14,17,21H,8-12H2,1-3H3,(H,22,25);1H. The zero-order valence-electron chi connectivity index (χ0n) is 16.2. The summed E-state index contributed by atoms with van der Waals surface area (Å²) in [6.45, 7) is 8.37. The number of piperidine rings is 1. The Bertz CT molecular complexity index is 730. The molecular weight excluding hydrogens is 364 g/mol. The van der Waals surface area contributed by atoms with E-state index >= 15 is 0 Å². The van der Waals surface area contributed by atoms with Crippen molar-refractivity contribution < 1.29 is 9.32 Å². The van der Waals surface area contributed by atoms with E-state index in [1.165, 1.54) is 5.56 Å². The second-order valence-corrected chi connectivity index (χ2v) is 7.43. The summed E-state index contributed by atoms with van der Waals surface area (Å²) < 4.78 is 5.30. The van der Waals surface area contributed by atoms with E-state index in [-0.39, 0.29) is 24.4 Å². The summed E-state index contributed by atoms with van der Waals surface area (Å²) >= 11 is 0. The molecule has 1 amide bonds. The van der Waals surface area contributed by atoms with Crippen LogP contribution in [0.15, 0.2) is 28.8 Å². The second kappa shape index (κ2) is 9.85. The zero-order chi connectivity index (χ0) is 18.5. The highest BCUT2D eigenvalue weighted by Gasteiger charge is 2.22. The van der Waals surface area contributed by atoms with Crippen molar-refractivity contribution in [2.45, 2.75) is 52.0 Å². The van der Waals surface area contributed by atoms with Crippen molar-refractivity contribution in [3.05, 3.63) is 35.7 Å². The lowest BCUT2D eigenvalue weighted by atomic mass is 9.95. The van der Waals surface area contributed by atoms with E-state index in [9.17, 15) is 4.79 Å². The van der Waals surface area contributed by atoms with Crippen LogP contribution < -0.4 is 10.6 Å². The molecule has 2 atom stereocenters. The Morgan fingerprint density at radius 1 is 1.33 bits per heavy atom. The van der Waals surface area contributed by atoms with Crippen LogP contribution in [0.5, 0.6) is 0 Å². The molecule has 1 saturated heterocycles. The Balaban J connectivity index is 0.00000261. The summed E-state index contributed by atoms with van der Waals surface area (Å²) in [4.78, 5) is 16.6. The fourth-order valence-electron chi connectivity index (χ4n) is 3.17. The number of hydrogen-bond acceptors (Lipinski definition) is 5. The van der Waals surface area contributed by atoms with E-state index < -0.39 is 0 Å². The third kappa shape index (κ3) is 5.78. The molecule has 1 aromatic carbocycles. The summed E-state index contributed by atoms with van der Waals surface area (Å²) in [7, 11) is 0. The van der Waals surface area contributed by atoms with E-state index in [4.69, 9.17) is 4.52 Å². The minimum atomic E-state index is 0. The first-order valence-corrected chi connectivity index (χ1v) is 9.46. The average Bonchev–Trinajstić information content (AvgIpc) is 3.11. The molecule has 0 spiro atoms. The maximum Gasteiger partial charge on any atom is 0.227 e.